The molecule has 0 aromatic heterocycles. The van der Waals surface area contributed by atoms with Crippen molar-refractivity contribution in [2.45, 2.75) is 145 Å². The molecule has 0 saturated carbocycles. The molecule has 0 nitrogen and oxygen atoms in total. The third-order valence-corrected chi connectivity index (χ3v) is 23.4. The van der Waals surface area contributed by atoms with E-state index in [4.69, 9.17) is 19.4 Å². The Kier molecular flexibility index (Phi) is 13.7. The molecule has 4 saturated heterocycles. The Hall–Kier alpha value is 0.373. The topological polar surface area (TPSA) is 0 Å². The van der Waals surface area contributed by atoms with Crippen molar-refractivity contribution in [3.63, 3.8) is 0 Å². The second-order valence-corrected chi connectivity index (χ2v) is 27.8. The average Bonchev–Trinajstić information content (AvgIpc) is 3.10. The first kappa shape index (κ1) is 34.7. The number of hydrogen-bond acceptors (Lipinski definition) is 0. The summed E-state index contributed by atoms with van der Waals surface area (Å²) in [5.74, 6) is 1.56. The summed E-state index contributed by atoms with van der Waals surface area (Å²) in [6, 6.07) is 19.1. The van der Waals surface area contributed by atoms with Crippen molar-refractivity contribution in [1.29, 1.82) is 0 Å². The van der Waals surface area contributed by atoms with Crippen LogP contribution in [0.15, 0.2) is 54.6 Å². The van der Waals surface area contributed by atoms with Crippen molar-refractivity contribution in [3.8, 4) is 0 Å². The van der Waals surface area contributed by atoms with E-state index in [9.17, 15) is 0 Å². The van der Waals surface area contributed by atoms with Crippen molar-refractivity contribution in [2.24, 2.45) is 5.92 Å². The summed E-state index contributed by atoms with van der Waals surface area (Å²) in [7, 11) is 12.6. The first-order valence-corrected chi connectivity index (χ1v) is 26.5. The number of halogens is 2. The number of fused-ring (bicyclic) bond motifs is 6. The molecular formula is C38H58Cl2P2Ru+2. The molecule has 0 radical (unpaired) electrons. The SMILES string of the molecule is CC(C)[PH+]1C2CCCC1CCC2.CC(C)[PH+]1CC2CCCC1CCC2.[Cl][Ru]([Cl])=[C]1CC(c2ccccc2)c2ccccc21. The monoisotopic (exact) mass is 748 g/mol. The Morgan fingerprint density at radius 1 is 0.651 bits per heavy atom. The quantitative estimate of drug-likeness (QED) is 0.217. The maximum atomic E-state index is 6.24. The van der Waals surface area contributed by atoms with E-state index in [-0.39, 0.29) is 15.8 Å². The zero-order valence-electron chi connectivity index (χ0n) is 27.2. The molecule has 4 bridgehead atoms. The van der Waals surface area contributed by atoms with E-state index in [1.807, 2.05) is 0 Å². The molecule has 1 aliphatic carbocycles. The number of rotatable bonds is 3. The first-order chi connectivity index (χ1) is 20.8. The third-order valence-electron chi connectivity index (χ3n) is 11.3. The second-order valence-electron chi connectivity index (χ2n) is 14.6. The molecule has 4 aliphatic heterocycles. The second kappa shape index (κ2) is 17.0. The van der Waals surface area contributed by atoms with Gasteiger partial charge in [0.25, 0.3) is 0 Å². The van der Waals surface area contributed by atoms with Crippen LogP contribution in [0.3, 0.4) is 0 Å². The van der Waals surface area contributed by atoms with Crippen LogP contribution in [0.25, 0.3) is 0 Å². The summed E-state index contributed by atoms with van der Waals surface area (Å²) in [5, 5.41) is 0. The molecular weight excluding hydrogens is 690 g/mol. The summed E-state index contributed by atoms with van der Waals surface area (Å²) in [6.45, 7) is 9.92. The molecule has 5 aliphatic rings. The van der Waals surface area contributed by atoms with Gasteiger partial charge in [-0.2, -0.15) is 0 Å². The van der Waals surface area contributed by atoms with Gasteiger partial charge in [0.1, 0.15) is 0 Å². The van der Waals surface area contributed by atoms with Gasteiger partial charge < -0.3 is 0 Å². The Balaban J connectivity index is 0.000000132. The first-order valence-electron chi connectivity index (χ1n) is 17.6. The minimum atomic E-state index is -1.80. The van der Waals surface area contributed by atoms with Crippen LogP contribution in [0.4, 0.5) is 0 Å². The fourth-order valence-electron chi connectivity index (χ4n) is 9.38. The van der Waals surface area contributed by atoms with E-state index in [1.54, 1.807) is 83.2 Å². The van der Waals surface area contributed by atoms with Crippen LogP contribution in [0, 0.1) is 5.92 Å². The Labute approximate surface area is 279 Å². The van der Waals surface area contributed by atoms with Gasteiger partial charge in [0, 0.05) is 15.8 Å². The van der Waals surface area contributed by atoms with Crippen LogP contribution in [-0.2, 0) is 13.5 Å². The predicted molar refractivity (Wildman–Crippen MR) is 197 cm³/mol. The fourth-order valence-corrected chi connectivity index (χ4v) is 20.9. The van der Waals surface area contributed by atoms with Crippen molar-refractivity contribution in [1.82, 2.24) is 0 Å². The van der Waals surface area contributed by atoms with Gasteiger partial charge in [-0.1, -0.05) is 0 Å². The zero-order valence-corrected chi connectivity index (χ0v) is 32.5. The predicted octanol–water partition coefficient (Wildman–Crippen LogP) is 12.3. The van der Waals surface area contributed by atoms with Gasteiger partial charge in [0.05, 0.1) is 34.5 Å². The average molecular weight is 749 g/mol. The fraction of sp³-hybridized carbons (Fsp3) is 0.658. The Bertz CT molecular complexity index is 1150. The third kappa shape index (κ3) is 9.05. The van der Waals surface area contributed by atoms with E-state index in [0.29, 0.717) is 5.92 Å². The molecule has 4 heterocycles. The molecule has 2 unspecified atom stereocenters. The van der Waals surface area contributed by atoms with E-state index in [2.05, 4.69) is 82.3 Å². The van der Waals surface area contributed by atoms with E-state index in [1.165, 1.54) is 37.8 Å². The molecule has 2 aromatic carbocycles. The molecule has 0 spiro atoms. The van der Waals surface area contributed by atoms with Crippen LogP contribution >= 0.6 is 35.2 Å². The summed E-state index contributed by atoms with van der Waals surface area (Å²) in [6.07, 6.45) is 21.5. The molecule has 2 atom stereocenters. The van der Waals surface area contributed by atoms with Crippen molar-refractivity contribution >= 4 is 39.3 Å². The molecule has 7 rings (SSSR count). The van der Waals surface area contributed by atoms with Gasteiger partial charge >= 0.3 is 121 Å². The summed E-state index contributed by atoms with van der Waals surface area (Å²) >= 11 is -1.80. The molecule has 2 aromatic rings. The molecule has 4 fully saturated rings. The van der Waals surface area contributed by atoms with Crippen LogP contribution in [0.2, 0.25) is 0 Å². The van der Waals surface area contributed by atoms with Gasteiger partial charge in [0.15, 0.2) is 0 Å². The summed E-state index contributed by atoms with van der Waals surface area (Å²) in [5.41, 5.74) is 9.71. The maximum absolute atomic E-state index is 6.24. The van der Waals surface area contributed by atoms with Gasteiger partial charge in [-0.05, 0) is 111 Å². The Morgan fingerprint density at radius 3 is 1.72 bits per heavy atom. The minimum absolute atomic E-state index is 0.0237. The molecule has 5 heteroatoms. The zero-order chi connectivity index (χ0) is 30.3. The normalized spacial score (nSPS) is 31.7. The van der Waals surface area contributed by atoms with Crippen molar-refractivity contribution in [2.75, 3.05) is 6.16 Å². The molecule has 240 valence electrons. The van der Waals surface area contributed by atoms with Crippen LogP contribution < -0.4 is 0 Å². The van der Waals surface area contributed by atoms with E-state index < -0.39 is 13.5 Å². The van der Waals surface area contributed by atoms with Crippen LogP contribution in [0.5, 0.6) is 0 Å². The van der Waals surface area contributed by atoms with Gasteiger partial charge in [-0.3, -0.25) is 0 Å². The van der Waals surface area contributed by atoms with Crippen molar-refractivity contribution < 1.29 is 13.5 Å². The van der Waals surface area contributed by atoms with Crippen LogP contribution in [-0.4, -0.2) is 38.6 Å². The number of hydrogen-bond donors (Lipinski definition) is 0. The molecule has 43 heavy (non-hydrogen) atoms. The van der Waals surface area contributed by atoms with Crippen LogP contribution in [0.1, 0.15) is 134 Å². The van der Waals surface area contributed by atoms with Gasteiger partial charge in [0.2, 0.25) is 0 Å². The summed E-state index contributed by atoms with van der Waals surface area (Å²) < 4.78 is 1.28. The van der Waals surface area contributed by atoms with E-state index in [0.717, 1.165) is 23.7 Å². The standard InChI is InChI=1S/C15H12.C12H23P.C11H21P.2ClH.Ru/c1-2-6-12(7-3-1)15-11-10-13-8-4-5-9-14(13)15;1-10(2)13-9-11-5-3-7-12(13)8-4-6-11;1-9(2)12-10-5-3-6-11(12)8-4-7-10;;;/h1-9,15H,11H2;10-12H,3-9H2,1-2H3;9-11H,3-8H2,1-2H3;2*1H;/q;;;;;+2. The Morgan fingerprint density at radius 2 is 1.19 bits per heavy atom. The summed E-state index contributed by atoms with van der Waals surface area (Å²) in [4.78, 5) is 0. The van der Waals surface area contributed by atoms with Gasteiger partial charge in [-0.15, -0.1) is 0 Å². The van der Waals surface area contributed by atoms with Gasteiger partial charge in [-0.25, -0.2) is 0 Å². The van der Waals surface area contributed by atoms with E-state index >= 15 is 0 Å². The number of benzene rings is 2. The molecule has 0 amide bonds. The van der Waals surface area contributed by atoms with Crippen molar-refractivity contribution in [3.05, 3.63) is 71.3 Å². The molecule has 0 N–H and O–H groups in total.